The van der Waals surface area contributed by atoms with Crippen LogP contribution in [0.15, 0.2) is 24.3 Å². The van der Waals surface area contributed by atoms with Gasteiger partial charge in [-0.15, -0.1) is 0 Å². The standard InChI is InChI=1S/C18H28N2O3S/c1-3-6-16-7-9-17(10-8-16)18(21)19-11-5-12-20(14-13-19)24(22,23)15-4-2/h7-10H,3-6,11-15H2,1-2H3. The van der Waals surface area contributed by atoms with Crippen LogP contribution in [-0.2, 0) is 16.4 Å². The largest absolute Gasteiger partial charge is 0.337 e. The molecule has 1 aliphatic rings. The van der Waals surface area contributed by atoms with Gasteiger partial charge >= 0.3 is 0 Å². The van der Waals surface area contributed by atoms with Gasteiger partial charge in [-0.05, 0) is 37.0 Å². The topological polar surface area (TPSA) is 57.7 Å². The molecule has 0 aliphatic carbocycles. The van der Waals surface area contributed by atoms with Crippen LogP contribution in [0.25, 0.3) is 0 Å². The number of carbonyl (C=O) groups is 1. The van der Waals surface area contributed by atoms with Crippen LogP contribution in [0.5, 0.6) is 0 Å². The van der Waals surface area contributed by atoms with Crippen molar-refractivity contribution in [3.8, 4) is 0 Å². The fraction of sp³-hybridized carbons (Fsp3) is 0.611. The van der Waals surface area contributed by atoms with Crippen LogP contribution in [0.1, 0.15) is 49.0 Å². The highest BCUT2D eigenvalue weighted by molar-refractivity contribution is 7.89. The molecule has 1 saturated heterocycles. The monoisotopic (exact) mass is 352 g/mol. The van der Waals surface area contributed by atoms with Gasteiger partial charge in [0.25, 0.3) is 5.91 Å². The predicted molar refractivity (Wildman–Crippen MR) is 96.6 cm³/mol. The number of hydrogen-bond acceptors (Lipinski definition) is 3. The fourth-order valence-corrected chi connectivity index (χ4v) is 4.59. The molecule has 1 heterocycles. The van der Waals surface area contributed by atoms with E-state index in [1.165, 1.54) is 9.87 Å². The summed E-state index contributed by atoms with van der Waals surface area (Å²) in [6.07, 6.45) is 3.40. The first-order valence-electron chi connectivity index (χ1n) is 8.84. The van der Waals surface area contributed by atoms with Gasteiger partial charge in [0.1, 0.15) is 0 Å². The van der Waals surface area contributed by atoms with Gasteiger partial charge in [0.05, 0.1) is 5.75 Å². The van der Waals surface area contributed by atoms with Crippen molar-refractivity contribution in [1.29, 1.82) is 0 Å². The lowest BCUT2D eigenvalue weighted by Gasteiger charge is -2.22. The van der Waals surface area contributed by atoms with E-state index in [-0.39, 0.29) is 11.7 Å². The molecule has 24 heavy (non-hydrogen) atoms. The van der Waals surface area contributed by atoms with Crippen molar-refractivity contribution in [2.75, 3.05) is 31.9 Å². The van der Waals surface area contributed by atoms with Crippen molar-refractivity contribution in [3.05, 3.63) is 35.4 Å². The maximum absolute atomic E-state index is 12.7. The number of carbonyl (C=O) groups excluding carboxylic acids is 1. The third-order valence-corrected chi connectivity index (χ3v) is 6.41. The first kappa shape index (κ1) is 18.9. The molecule has 0 N–H and O–H groups in total. The molecule has 0 atom stereocenters. The second kappa shape index (κ2) is 8.62. The van der Waals surface area contributed by atoms with Gasteiger partial charge in [-0.1, -0.05) is 32.4 Å². The molecule has 0 saturated carbocycles. The van der Waals surface area contributed by atoms with Gasteiger partial charge in [0.2, 0.25) is 10.0 Å². The summed E-state index contributed by atoms with van der Waals surface area (Å²) in [5, 5.41) is 0. The Kier molecular flexibility index (Phi) is 6.80. The Morgan fingerprint density at radius 3 is 2.33 bits per heavy atom. The summed E-state index contributed by atoms with van der Waals surface area (Å²) < 4.78 is 25.9. The minimum absolute atomic E-state index is 0.00668. The molecular weight excluding hydrogens is 324 g/mol. The quantitative estimate of drug-likeness (QED) is 0.790. The van der Waals surface area contributed by atoms with Crippen LogP contribution in [-0.4, -0.2) is 55.5 Å². The van der Waals surface area contributed by atoms with Gasteiger partial charge in [-0.3, -0.25) is 4.79 Å². The van der Waals surface area contributed by atoms with E-state index in [1.807, 2.05) is 31.2 Å². The van der Waals surface area contributed by atoms with Crippen LogP contribution >= 0.6 is 0 Å². The van der Waals surface area contributed by atoms with Crippen molar-refractivity contribution in [2.45, 2.75) is 39.5 Å². The average Bonchev–Trinajstić information content (AvgIpc) is 2.82. The number of aryl methyl sites for hydroxylation is 1. The summed E-state index contributed by atoms with van der Waals surface area (Å²) in [4.78, 5) is 14.4. The molecule has 1 aromatic carbocycles. The van der Waals surface area contributed by atoms with Crippen LogP contribution in [0.3, 0.4) is 0 Å². The average molecular weight is 353 g/mol. The minimum atomic E-state index is -3.19. The van der Waals surface area contributed by atoms with Gasteiger partial charge in [0, 0.05) is 31.7 Å². The smallest absolute Gasteiger partial charge is 0.253 e. The highest BCUT2D eigenvalue weighted by Crippen LogP contribution is 2.14. The molecule has 0 aromatic heterocycles. The summed E-state index contributed by atoms with van der Waals surface area (Å²) in [6.45, 7) is 5.96. The Bertz CT molecular complexity index is 641. The lowest BCUT2D eigenvalue weighted by molar-refractivity contribution is 0.0764. The highest BCUT2D eigenvalue weighted by atomic mass is 32.2. The number of hydrogen-bond donors (Lipinski definition) is 0. The molecule has 0 radical (unpaired) electrons. The van der Waals surface area contributed by atoms with E-state index >= 15 is 0 Å². The van der Waals surface area contributed by atoms with Crippen LogP contribution in [0.2, 0.25) is 0 Å². The molecular formula is C18H28N2O3S. The molecule has 1 amide bonds. The molecule has 2 rings (SSSR count). The minimum Gasteiger partial charge on any atom is -0.337 e. The summed E-state index contributed by atoms with van der Waals surface area (Å²) in [5.74, 6) is 0.174. The van der Waals surface area contributed by atoms with E-state index in [2.05, 4.69) is 6.92 Å². The Balaban J connectivity index is 2.01. The van der Waals surface area contributed by atoms with Crippen molar-refractivity contribution in [2.24, 2.45) is 0 Å². The molecule has 1 fully saturated rings. The molecule has 134 valence electrons. The first-order valence-corrected chi connectivity index (χ1v) is 10.4. The molecule has 5 nitrogen and oxygen atoms in total. The van der Waals surface area contributed by atoms with Gasteiger partial charge in [0.15, 0.2) is 0 Å². The lowest BCUT2D eigenvalue weighted by atomic mass is 10.1. The van der Waals surface area contributed by atoms with Crippen molar-refractivity contribution in [1.82, 2.24) is 9.21 Å². The Morgan fingerprint density at radius 2 is 1.71 bits per heavy atom. The van der Waals surface area contributed by atoms with Crippen molar-refractivity contribution < 1.29 is 13.2 Å². The molecule has 1 aliphatic heterocycles. The molecule has 0 spiro atoms. The van der Waals surface area contributed by atoms with E-state index in [4.69, 9.17) is 0 Å². The Morgan fingerprint density at radius 1 is 1.00 bits per heavy atom. The van der Waals surface area contributed by atoms with Crippen LogP contribution in [0.4, 0.5) is 0 Å². The lowest BCUT2D eigenvalue weighted by Crippen LogP contribution is -2.38. The molecule has 0 bridgehead atoms. The zero-order valence-corrected chi connectivity index (χ0v) is 15.5. The van der Waals surface area contributed by atoms with Gasteiger partial charge < -0.3 is 4.90 Å². The normalized spacial score (nSPS) is 16.8. The van der Waals surface area contributed by atoms with E-state index in [0.29, 0.717) is 44.6 Å². The maximum Gasteiger partial charge on any atom is 0.253 e. The Labute approximate surface area is 145 Å². The van der Waals surface area contributed by atoms with E-state index < -0.39 is 10.0 Å². The van der Waals surface area contributed by atoms with Gasteiger partial charge in [-0.2, -0.15) is 0 Å². The number of rotatable bonds is 6. The van der Waals surface area contributed by atoms with E-state index in [0.717, 1.165) is 12.8 Å². The highest BCUT2D eigenvalue weighted by Gasteiger charge is 2.26. The number of nitrogens with zero attached hydrogens (tertiary/aromatic N) is 2. The van der Waals surface area contributed by atoms with Crippen LogP contribution in [0, 0.1) is 0 Å². The maximum atomic E-state index is 12.7. The zero-order valence-electron chi connectivity index (χ0n) is 14.7. The zero-order chi connectivity index (χ0) is 17.6. The van der Waals surface area contributed by atoms with Crippen molar-refractivity contribution >= 4 is 15.9 Å². The predicted octanol–water partition coefficient (Wildman–Crippen LogP) is 2.53. The SMILES string of the molecule is CCCc1ccc(C(=O)N2CCCN(S(=O)(=O)CCC)CC2)cc1. The summed E-state index contributed by atoms with van der Waals surface area (Å²) in [7, 11) is -3.19. The third-order valence-electron chi connectivity index (χ3n) is 4.34. The van der Waals surface area contributed by atoms with E-state index in [1.54, 1.807) is 4.90 Å². The van der Waals surface area contributed by atoms with E-state index in [9.17, 15) is 13.2 Å². The fourth-order valence-electron chi connectivity index (χ4n) is 3.05. The third kappa shape index (κ3) is 4.80. The first-order chi connectivity index (χ1) is 11.5. The van der Waals surface area contributed by atoms with Gasteiger partial charge in [-0.25, -0.2) is 12.7 Å². The van der Waals surface area contributed by atoms with Crippen LogP contribution < -0.4 is 0 Å². The second-order valence-corrected chi connectivity index (χ2v) is 8.40. The van der Waals surface area contributed by atoms with Crippen molar-refractivity contribution in [3.63, 3.8) is 0 Å². The molecule has 0 unspecified atom stereocenters. The Hall–Kier alpha value is -1.40. The molecule has 6 heteroatoms. The number of sulfonamides is 1. The number of benzene rings is 1. The number of amides is 1. The summed E-state index contributed by atoms with van der Waals surface area (Å²) in [6, 6.07) is 7.77. The summed E-state index contributed by atoms with van der Waals surface area (Å²) >= 11 is 0. The second-order valence-electron chi connectivity index (χ2n) is 6.31. The summed E-state index contributed by atoms with van der Waals surface area (Å²) in [5.41, 5.74) is 1.92. The molecule has 1 aromatic rings.